The number of hydrogen-bond acceptors (Lipinski definition) is 0. The molecule has 120 valence electrons. The maximum atomic E-state index is 2.76. The van der Waals surface area contributed by atoms with Gasteiger partial charge in [-0.3, -0.25) is 0 Å². The summed E-state index contributed by atoms with van der Waals surface area (Å²) in [4.78, 5) is 0. The second kappa shape index (κ2) is 6.80. The summed E-state index contributed by atoms with van der Waals surface area (Å²) in [5.41, 5.74) is 3.43. The molecule has 2 rings (SSSR count). The standard InChI is InChI=1S/C20H26I2/c1-19(2,3)15-11-7-9-13-17(15)22(21)18-14-10-8-12-16(18)20(4,5)6/h7-14H,1-6H3. The average Bonchev–Trinajstić information content (AvgIpc) is 2.45. The minimum absolute atomic E-state index is 0.203. The molecule has 0 bridgehead atoms. The summed E-state index contributed by atoms with van der Waals surface area (Å²) in [6, 6.07) is 18.1. The molecule has 0 aromatic heterocycles. The number of halogens is 2. The van der Waals surface area contributed by atoms with Crippen molar-refractivity contribution in [2.24, 2.45) is 0 Å². The molecule has 0 unspecified atom stereocenters. The van der Waals surface area contributed by atoms with Crippen LogP contribution < -0.4 is 0 Å². The van der Waals surface area contributed by atoms with E-state index in [0.717, 1.165) is 0 Å². The van der Waals surface area contributed by atoms with Gasteiger partial charge in [-0.05, 0) is 0 Å². The third-order valence-electron chi connectivity index (χ3n) is 3.72. The molecule has 0 aliphatic rings. The van der Waals surface area contributed by atoms with Gasteiger partial charge >= 0.3 is 154 Å². The van der Waals surface area contributed by atoms with E-state index in [9.17, 15) is 0 Å². The van der Waals surface area contributed by atoms with E-state index in [4.69, 9.17) is 0 Å². The molecule has 22 heavy (non-hydrogen) atoms. The zero-order chi connectivity index (χ0) is 16.5. The van der Waals surface area contributed by atoms with E-state index in [-0.39, 0.29) is 10.8 Å². The zero-order valence-electron chi connectivity index (χ0n) is 14.4. The van der Waals surface area contributed by atoms with Gasteiger partial charge in [-0.1, -0.05) is 0 Å². The number of hydrogen-bond donors (Lipinski definition) is 0. The Balaban J connectivity index is 2.58. The molecule has 0 saturated carbocycles. The van der Waals surface area contributed by atoms with Crippen LogP contribution in [-0.4, -0.2) is 0 Å². The molecule has 2 heteroatoms. The molecule has 0 aliphatic carbocycles. The van der Waals surface area contributed by atoms with Crippen molar-refractivity contribution in [3.05, 3.63) is 66.8 Å². The van der Waals surface area contributed by atoms with Gasteiger partial charge in [-0.25, -0.2) is 0 Å². The van der Waals surface area contributed by atoms with E-state index in [1.807, 2.05) is 0 Å². The molecular weight excluding hydrogens is 494 g/mol. The van der Waals surface area contributed by atoms with E-state index in [2.05, 4.69) is 109 Å². The van der Waals surface area contributed by atoms with Gasteiger partial charge in [0.2, 0.25) is 0 Å². The van der Waals surface area contributed by atoms with Gasteiger partial charge in [-0.15, -0.1) is 0 Å². The third-order valence-corrected chi connectivity index (χ3v) is 13.5. The molecule has 0 N–H and O–H groups in total. The monoisotopic (exact) mass is 520 g/mol. The van der Waals surface area contributed by atoms with Crippen LogP contribution in [0.5, 0.6) is 0 Å². The van der Waals surface area contributed by atoms with Gasteiger partial charge in [0, 0.05) is 0 Å². The Morgan fingerprint density at radius 2 is 0.955 bits per heavy atom. The third kappa shape index (κ3) is 4.05. The van der Waals surface area contributed by atoms with Crippen LogP contribution in [0.4, 0.5) is 0 Å². The predicted octanol–water partition coefficient (Wildman–Crippen LogP) is 7.18. The number of rotatable bonds is 2. The van der Waals surface area contributed by atoms with E-state index < -0.39 is 15.8 Å². The second-order valence-corrected chi connectivity index (χ2v) is 16.8. The van der Waals surface area contributed by atoms with Crippen LogP contribution in [0, 0.1) is 7.14 Å². The molecule has 0 heterocycles. The Labute approximate surface area is 152 Å². The molecule has 2 aromatic carbocycles. The summed E-state index contributed by atoms with van der Waals surface area (Å²) in [5, 5.41) is 0. The summed E-state index contributed by atoms with van der Waals surface area (Å²) in [7, 11) is 0. The van der Waals surface area contributed by atoms with Crippen molar-refractivity contribution in [3.8, 4) is 0 Å². The van der Waals surface area contributed by atoms with Crippen molar-refractivity contribution in [1.29, 1.82) is 0 Å². The maximum absolute atomic E-state index is 2.76. The van der Waals surface area contributed by atoms with Crippen molar-refractivity contribution in [3.63, 3.8) is 0 Å². The van der Waals surface area contributed by atoms with Crippen molar-refractivity contribution >= 4 is 34.5 Å². The van der Waals surface area contributed by atoms with Gasteiger partial charge in [-0.2, -0.15) is 0 Å². The van der Waals surface area contributed by atoms with Crippen LogP contribution >= 0.6 is 34.5 Å². The van der Waals surface area contributed by atoms with Crippen LogP contribution in [0.2, 0.25) is 0 Å². The zero-order valence-corrected chi connectivity index (χ0v) is 18.7. The van der Waals surface area contributed by atoms with E-state index in [1.165, 1.54) is 11.1 Å². The SMILES string of the molecule is CC(C)(C)c1ccccc1I(I)c1ccccc1C(C)(C)C. The molecule has 0 fully saturated rings. The molecular formula is C20H26I2. The van der Waals surface area contributed by atoms with Gasteiger partial charge in [0.25, 0.3) is 0 Å². The normalized spacial score (nSPS) is 13.1. The summed E-state index contributed by atoms with van der Waals surface area (Å²) >= 11 is 1.33. The van der Waals surface area contributed by atoms with Crippen LogP contribution in [-0.2, 0) is 10.8 Å². The fraction of sp³-hybridized carbons (Fsp3) is 0.400. The molecule has 2 aromatic rings. The first-order chi connectivity index (χ1) is 10.1. The molecule has 0 nitrogen and oxygen atoms in total. The van der Waals surface area contributed by atoms with Crippen LogP contribution in [0.3, 0.4) is 0 Å². The van der Waals surface area contributed by atoms with Crippen molar-refractivity contribution in [2.45, 2.75) is 52.4 Å². The van der Waals surface area contributed by atoms with Gasteiger partial charge < -0.3 is 0 Å². The van der Waals surface area contributed by atoms with Gasteiger partial charge in [0.1, 0.15) is 0 Å². The van der Waals surface area contributed by atoms with E-state index >= 15 is 0 Å². The van der Waals surface area contributed by atoms with Crippen LogP contribution in [0.15, 0.2) is 48.5 Å². The van der Waals surface area contributed by atoms with E-state index in [1.54, 1.807) is 7.14 Å². The summed E-state index contributed by atoms with van der Waals surface area (Å²) in [6.45, 7) is 13.9. The van der Waals surface area contributed by atoms with Crippen molar-refractivity contribution < 1.29 is 0 Å². The minimum atomic E-state index is -1.43. The molecule has 0 saturated heterocycles. The quantitative estimate of drug-likeness (QED) is 0.369. The molecule has 0 spiro atoms. The molecule has 0 aliphatic heterocycles. The Hall–Kier alpha value is -0.100. The van der Waals surface area contributed by atoms with Crippen molar-refractivity contribution in [2.75, 3.05) is 0 Å². The first-order valence-electron chi connectivity index (χ1n) is 7.68. The predicted molar refractivity (Wildman–Crippen MR) is 116 cm³/mol. The summed E-state index contributed by atoms with van der Waals surface area (Å²) < 4.78 is 3.19. The number of benzene rings is 2. The van der Waals surface area contributed by atoms with Gasteiger partial charge in [0.05, 0.1) is 0 Å². The first kappa shape index (κ1) is 18.2. The van der Waals surface area contributed by atoms with Crippen molar-refractivity contribution in [1.82, 2.24) is 0 Å². The molecule has 0 radical (unpaired) electrons. The Kier molecular flexibility index (Phi) is 5.63. The summed E-state index contributed by atoms with van der Waals surface area (Å²) in [6.07, 6.45) is 0. The van der Waals surface area contributed by atoms with Gasteiger partial charge in [0.15, 0.2) is 0 Å². The molecule has 0 atom stereocenters. The summed E-state index contributed by atoms with van der Waals surface area (Å²) in [5.74, 6) is 0. The fourth-order valence-electron chi connectivity index (χ4n) is 2.54. The molecule has 0 amide bonds. The Morgan fingerprint density at radius 3 is 1.27 bits per heavy atom. The second-order valence-electron chi connectivity index (χ2n) is 7.70. The van der Waals surface area contributed by atoms with Crippen LogP contribution in [0.1, 0.15) is 52.7 Å². The van der Waals surface area contributed by atoms with E-state index in [0.29, 0.717) is 0 Å². The van der Waals surface area contributed by atoms with Crippen LogP contribution in [0.25, 0.3) is 0 Å². The first-order valence-corrected chi connectivity index (χ1v) is 16.1. The Bertz CT molecular complexity index is 588. The topological polar surface area (TPSA) is 0 Å². The average molecular weight is 520 g/mol. The Morgan fingerprint density at radius 1 is 0.636 bits per heavy atom. The fourth-order valence-corrected chi connectivity index (χ4v) is 12.0.